The van der Waals surface area contributed by atoms with Gasteiger partial charge in [0.05, 0.1) is 18.0 Å². The molecule has 196 valence electrons. The minimum absolute atomic E-state index is 0.0928. The van der Waals surface area contributed by atoms with E-state index in [0.717, 1.165) is 29.5 Å². The van der Waals surface area contributed by atoms with E-state index in [1.807, 2.05) is 43.5 Å². The first-order valence-electron chi connectivity index (χ1n) is 12.4. The van der Waals surface area contributed by atoms with Gasteiger partial charge in [-0.25, -0.2) is 13.2 Å². The number of ketones is 1. The Morgan fingerprint density at radius 1 is 1.16 bits per heavy atom. The van der Waals surface area contributed by atoms with Gasteiger partial charge in [-0.1, -0.05) is 48.9 Å². The first-order chi connectivity index (χ1) is 17.7. The summed E-state index contributed by atoms with van der Waals surface area (Å²) in [5.74, 6) is -0.427. The minimum Gasteiger partial charge on any atom is -0.462 e. The van der Waals surface area contributed by atoms with Crippen LogP contribution in [0.25, 0.3) is 11.1 Å². The summed E-state index contributed by atoms with van der Waals surface area (Å²) in [5, 5.41) is 5.50. The second kappa shape index (κ2) is 11.6. The number of nitrogens with one attached hydrogen (secondary N) is 1. The van der Waals surface area contributed by atoms with Crippen LogP contribution in [-0.2, 0) is 14.8 Å². The zero-order valence-corrected chi connectivity index (χ0v) is 23.0. The summed E-state index contributed by atoms with van der Waals surface area (Å²) in [6, 6.07) is 14.0. The quantitative estimate of drug-likeness (QED) is 0.280. The molecule has 2 heterocycles. The van der Waals surface area contributed by atoms with E-state index < -0.39 is 16.0 Å². The lowest BCUT2D eigenvalue weighted by Crippen LogP contribution is -2.39. The lowest BCUT2D eigenvalue weighted by atomic mass is 10.0. The molecule has 2 aromatic carbocycles. The Kier molecular flexibility index (Phi) is 8.46. The van der Waals surface area contributed by atoms with Crippen molar-refractivity contribution in [1.29, 1.82) is 0 Å². The van der Waals surface area contributed by atoms with E-state index in [1.54, 1.807) is 19.1 Å². The highest BCUT2D eigenvalue weighted by Crippen LogP contribution is 2.36. The minimum atomic E-state index is -3.67. The van der Waals surface area contributed by atoms with Crippen molar-refractivity contribution in [2.24, 2.45) is 5.92 Å². The van der Waals surface area contributed by atoms with E-state index >= 15 is 0 Å². The van der Waals surface area contributed by atoms with Crippen molar-refractivity contribution in [2.45, 2.75) is 38.5 Å². The van der Waals surface area contributed by atoms with E-state index in [2.05, 4.69) is 5.32 Å². The smallest absolute Gasteiger partial charge is 0.341 e. The van der Waals surface area contributed by atoms with Crippen LogP contribution >= 0.6 is 11.3 Å². The number of hydrogen-bond acceptors (Lipinski definition) is 7. The Morgan fingerprint density at radius 3 is 2.62 bits per heavy atom. The van der Waals surface area contributed by atoms with Crippen molar-refractivity contribution < 1.29 is 22.7 Å². The normalized spacial score (nSPS) is 16.4. The van der Waals surface area contributed by atoms with Gasteiger partial charge in [0.25, 0.3) is 0 Å². The summed E-state index contributed by atoms with van der Waals surface area (Å²) in [5.41, 5.74) is 3.42. The number of aryl methyl sites for hydroxylation is 1. The molecule has 0 bridgehead atoms. The molecule has 1 atom stereocenters. The van der Waals surface area contributed by atoms with Gasteiger partial charge in [-0.05, 0) is 50.3 Å². The Balaban J connectivity index is 1.54. The molecule has 1 aliphatic rings. The maximum Gasteiger partial charge on any atom is 0.341 e. The molecule has 1 unspecified atom stereocenters. The zero-order chi connectivity index (χ0) is 26.6. The molecule has 0 saturated carbocycles. The van der Waals surface area contributed by atoms with Crippen molar-refractivity contribution in [2.75, 3.05) is 31.6 Å². The molecule has 0 aliphatic carbocycles. The summed E-state index contributed by atoms with van der Waals surface area (Å²) in [4.78, 5) is 26.0. The summed E-state index contributed by atoms with van der Waals surface area (Å²) in [7, 11) is -3.67. The van der Waals surface area contributed by atoms with Crippen LogP contribution in [-0.4, -0.2) is 50.7 Å². The Morgan fingerprint density at radius 2 is 1.92 bits per heavy atom. The molecule has 4 rings (SSSR count). The molecule has 7 nitrogen and oxygen atoms in total. The van der Waals surface area contributed by atoms with E-state index in [1.165, 1.54) is 27.8 Å². The third-order valence-corrected chi connectivity index (χ3v) is 9.26. The molecule has 1 aliphatic heterocycles. The molecule has 0 amide bonds. The fourth-order valence-electron chi connectivity index (χ4n) is 4.45. The third kappa shape index (κ3) is 6.11. The second-order valence-corrected chi connectivity index (χ2v) is 12.2. The number of ether oxygens (including phenoxy) is 1. The fraction of sp³-hybridized carbons (Fsp3) is 0.357. The van der Waals surface area contributed by atoms with E-state index in [4.69, 9.17) is 4.74 Å². The highest BCUT2D eigenvalue weighted by molar-refractivity contribution is 7.89. The second-order valence-electron chi connectivity index (χ2n) is 9.36. The first kappa shape index (κ1) is 27.0. The number of carbonyl (C=O) groups is 2. The van der Waals surface area contributed by atoms with Gasteiger partial charge in [0.15, 0.2) is 5.78 Å². The van der Waals surface area contributed by atoms with Gasteiger partial charge in [-0.2, -0.15) is 4.31 Å². The number of anilines is 1. The molecule has 1 aromatic heterocycles. The molecular weight excluding hydrogens is 508 g/mol. The average molecular weight is 541 g/mol. The van der Waals surface area contributed by atoms with Gasteiger partial charge in [-0.3, -0.25) is 4.79 Å². The van der Waals surface area contributed by atoms with E-state index in [9.17, 15) is 18.0 Å². The Hall–Kier alpha value is -3.01. The lowest BCUT2D eigenvalue weighted by Gasteiger charge is -2.30. The number of piperidine rings is 1. The van der Waals surface area contributed by atoms with Gasteiger partial charge in [-0.15, -0.1) is 11.3 Å². The van der Waals surface area contributed by atoms with Gasteiger partial charge in [0.2, 0.25) is 10.0 Å². The number of sulfonamides is 1. The SMILES string of the molecule is CCOC(=O)c1c(-c2ccc(C)cc2)csc1NCC(=O)c1cccc(S(=O)(=O)N2CCCC(C)C2)c1. The molecule has 0 spiro atoms. The zero-order valence-electron chi connectivity index (χ0n) is 21.3. The van der Waals surface area contributed by atoms with Gasteiger partial charge < -0.3 is 10.1 Å². The molecule has 9 heteroatoms. The molecule has 37 heavy (non-hydrogen) atoms. The predicted molar refractivity (Wildman–Crippen MR) is 147 cm³/mol. The average Bonchev–Trinajstić information content (AvgIpc) is 3.32. The van der Waals surface area contributed by atoms with Gasteiger partial charge in [0.1, 0.15) is 10.6 Å². The van der Waals surface area contributed by atoms with Crippen LogP contribution in [0.5, 0.6) is 0 Å². The molecular formula is C28H32N2O5S2. The molecule has 1 saturated heterocycles. The number of nitrogens with zero attached hydrogens (tertiary/aromatic N) is 1. The van der Waals surface area contributed by atoms with Gasteiger partial charge >= 0.3 is 5.97 Å². The topological polar surface area (TPSA) is 92.8 Å². The number of carbonyl (C=O) groups excluding carboxylic acids is 2. The highest BCUT2D eigenvalue weighted by Gasteiger charge is 2.29. The van der Waals surface area contributed by atoms with Gasteiger partial charge in [0, 0.05) is 29.6 Å². The number of thiophene rings is 1. The van der Waals surface area contributed by atoms with Crippen LogP contribution in [0.15, 0.2) is 58.8 Å². The van der Waals surface area contributed by atoms with Crippen molar-refractivity contribution in [3.8, 4) is 11.1 Å². The predicted octanol–water partition coefficient (Wildman–Crippen LogP) is 5.62. The van der Waals surface area contributed by atoms with Crippen LogP contribution in [0.3, 0.4) is 0 Å². The fourth-order valence-corrected chi connectivity index (χ4v) is 7.05. The highest BCUT2D eigenvalue weighted by atomic mass is 32.2. The third-order valence-electron chi connectivity index (χ3n) is 6.46. The number of benzene rings is 2. The first-order valence-corrected chi connectivity index (χ1v) is 14.8. The Bertz CT molecular complexity index is 1380. The van der Waals surface area contributed by atoms with Crippen molar-refractivity contribution in [3.05, 3.63) is 70.6 Å². The molecule has 3 aromatic rings. The maximum atomic E-state index is 13.2. The number of hydrogen-bond donors (Lipinski definition) is 1. The summed E-state index contributed by atoms with van der Waals surface area (Å²) >= 11 is 1.33. The number of esters is 1. The van der Waals surface area contributed by atoms with Crippen LogP contribution < -0.4 is 5.32 Å². The Labute approximate surface area is 222 Å². The number of Topliss-reactive ketones (excluding diaryl/α,β-unsaturated/α-hetero) is 1. The standard InChI is InChI=1S/C28H32N2O5S2/c1-4-35-28(32)26-24(21-12-10-19(2)11-13-21)18-36-27(26)29-16-25(31)22-8-5-9-23(15-22)37(33,34)30-14-6-7-20(3)17-30/h5,8-13,15,18,20,29H,4,6-7,14,16-17H2,1-3H3. The van der Waals surface area contributed by atoms with Crippen molar-refractivity contribution >= 4 is 38.1 Å². The van der Waals surface area contributed by atoms with E-state index in [-0.39, 0.29) is 23.8 Å². The monoisotopic (exact) mass is 540 g/mol. The van der Waals surface area contributed by atoms with Crippen LogP contribution in [0.1, 0.15) is 53.0 Å². The summed E-state index contributed by atoms with van der Waals surface area (Å²) < 4.78 is 33.2. The van der Waals surface area contributed by atoms with Crippen molar-refractivity contribution in [1.82, 2.24) is 4.31 Å². The molecule has 0 radical (unpaired) electrons. The maximum absolute atomic E-state index is 13.2. The van der Waals surface area contributed by atoms with Crippen LogP contribution in [0.4, 0.5) is 5.00 Å². The molecule has 1 fully saturated rings. The largest absolute Gasteiger partial charge is 0.462 e. The van der Waals surface area contributed by atoms with Crippen molar-refractivity contribution in [3.63, 3.8) is 0 Å². The number of rotatable bonds is 9. The van der Waals surface area contributed by atoms with Crippen LogP contribution in [0, 0.1) is 12.8 Å². The van der Waals surface area contributed by atoms with E-state index in [0.29, 0.717) is 35.1 Å². The lowest BCUT2D eigenvalue weighted by molar-refractivity contribution is 0.0528. The molecule has 1 N–H and O–H groups in total. The summed E-state index contributed by atoms with van der Waals surface area (Å²) in [6.07, 6.45) is 1.84. The summed E-state index contributed by atoms with van der Waals surface area (Å²) in [6.45, 7) is 6.91. The van der Waals surface area contributed by atoms with Crippen LogP contribution in [0.2, 0.25) is 0 Å².